The van der Waals surface area contributed by atoms with Gasteiger partial charge >= 0.3 is 0 Å². The Labute approximate surface area is 195 Å². The molecule has 0 aliphatic carbocycles. The van der Waals surface area contributed by atoms with Gasteiger partial charge in [0.25, 0.3) is 0 Å². The van der Waals surface area contributed by atoms with Crippen molar-refractivity contribution in [1.82, 2.24) is 10.2 Å². The molecule has 1 unspecified atom stereocenters. The molecule has 156 valence electrons. The topological polar surface area (TPSA) is 53.6 Å². The molecule has 0 bridgehead atoms. The molecule has 0 amide bonds. The van der Waals surface area contributed by atoms with Crippen LogP contribution in [0.3, 0.4) is 0 Å². The minimum Gasteiger partial charge on any atom is -0.370 e. The lowest BCUT2D eigenvalue weighted by atomic mass is 10.0. The van der Waals surface area contributed by atoms with Gasteiger partial charge in [0, 0.05) is 30.9 Å². The zero-order valence-corrected chi connectivity index (χ0v) is 19.9. The lowest BCUT2D eigenvalue weighted by Gasteiger charge is -2.32. The van der Waals surface area contributed by atoms with Crippen LogP contribution in [0.25, 0.3) is 0 Å². The van der Waals surface area contributed by atoms with E-state index in [9.17, 15) is 0 Å². The molecule has 1 fully saturated rings. The predicted octanol–water partition coefficient (Wildman–Crippen LogP) is 4.20. The van der Waals surface area contributed by atoms with Crippen LogP contribution in [0.15, 0.2) is 59.6 Å². The third-order valence-electron chi connectivity index (χ3n) is 5.71. The van der Waals surface area contributed by atoms with Crippen molar-refractivity contribution in [2.24, 2.45) is 10.7 Å². The van der Waals surface area contributed by atoms with Crippen LogP contribution >= 0.6 is 35.7 Å². The molecule has 0 saturated carbocycles. The second-order valence-corrected chi connectivity index (χ2v) is 9.03. The van der Waals surface area contributed by atoms with Gasteiger partial charge in [0.1, 0.15) is 0 Å². The standard InChI is InChI=1S/C23H30N4S.HI/c24-23(25-16-22-21-9-5-4-8-19(21)12-15-28-22)26-20-10-13-27(14-11-20)17-18-6-2-1-3-7-18;/h1-9,20,22H,10-17H2,(H3,24,25,26);1H. The molecule has 4 nitrogen and oxygen atoms in total. The number of nitrogens with zero attached hydrogens (tertiary/aromatic N) is 2. The Bertz CT molecular complexity index is 790. The molecule has 1 saturated heterocycles. The summed E-state index contributed by atoms with van der Waals surface area (Å²) in [6.07, 6.45) is 3.39. The van der Waals surface area contributed by atoms with Gasteiger partial charge in [-0.15, -0.1) is 24.0 Å². The van der Waals surface area contributed by atoms with E-state index in [1.165, 1.54) is 22.4 Å². The Morgan fingerprint density at radius 1 is 1.07 bits per heavy atom. The number of fused-ring (bicyclic) bond motifs is 1. The van der Waals surface area contributed by atoms with Crippen LogP contribution in [-0.4, -0.2) is 42.3 Å². The molecular formula is C23H31IN4S. The molecule has 2 aliphatic rings. The summed E-state index contributed by atoms with van der Waals surface area (Å²) >= 11 is 2.00. The molecule has 2 aromatic carbocycles. The largest absolute Gasteiger partial charge is 0.370 e. The average Bonchev–Trinajstić information content (AvgIpc) is 2.74. The Morgan fingerprint density at radius 2 is 1.79 bits per heavy atom. The van der Waals surface area contributed by atoms with Crippen molar-refractivity contribution < 1.29 is 0 Å². The van der Waals surface area contributed by atoms with E-state index in [2.05, 4.69) is 69.8 Å². The van der Waals surface area contributed by atoms with Crippen molar-refractivity contribution in [3.8, 4) is 0 Å². The number of likely N-dealkylation sites (tertiary alicyclic amines) is 1. The first-order valence-electron chi connectivity index (χ1n) is 10.3. The minimum absolute atomic E-state index is 0. The van der Waals surface area contributed by atoms with Crippen LogP contribution in [0.5, 0.6) is 0 Å². The van der Waals surface area contributed by atoms with Gasteiger partial charge in [-0.05, 0) is 41.7 Å². The second kappa shape index (κ2) is 11.2. The molecule has 6 heteroatoms. The van der Waals surface area contributed by atoms with Crippen molar-refractivity contribution in [2.75, 3.05) is 25.4 Å². The highest BCUT2D eigenvalue weighted by molar-refractivity contribution is 14.0. The molecule has 0 aromatic heterocycles. The Hall–Kier alpha value is -1.25. The van der Waals surface area contributed by atoms with E-state index in [1.54, 1.807) is 0 Å². The molecule has 0 spiro atoms. The highest BCUT2D eigenvalue weighted by Gasteiger charge is 2.21. The molecule has 2 aliphatic heterocycles. The van der Waals surface area contributed by atoms with Gasteiger partial charge in [-0.3, -0.25) is 9.89 Å². The number of rotatable bonds is 5. The number of guanidine groups is 1. The molecular weight excluding hydrogens is 491 g/mol. The number of aryl methyl sites for hydroxylation is 1. The van der Waals surface area contributed by atoms with Crippen molar-refractivity contribution in [3.63, 3.8) is 0 Å². The number of hydrogen-bond donors (Lipinski definition) is 2. The summed E-state index contributed by atoms with van der Waals surface area (Å²) < 4.78 is 0. The second-order valence-electron chi connectivity index (χ2n) is 7.71. The van der Waals surface area contributed by atoms with E-state index in [0.29, 0.717) is 17.3 Å². The summed E-state index contributed by atoms with van der Waals surface area (Å²) in [5.74, 6) is 1.77. The van der Waals surface area contributed by atoms with E-state index in [1.807, 2.05) is 11.8 Å². The fourth-order valence-electron chi connectivity index (χ4n) is 4.14. The molecule has 0 radical (unpaired) electrons. The number of aliphatic imine (C=N–C) groups is 1. The van der Waals surface area contributed by atoms with Crippen LogP contribution in [-0.2, 0) is 13.0 Å². The fraction of sp³-hybridized carbons (Fsp3) is 0.435. The molecule has 29 heavy (non-hydrogen) atoms. The summed E-state index contributed by atoms with van der Waals surface area (Å²) in [5.41, 5.74) is 10.5. The van der Waals surface area contributed by atoms with Crippen LogP contribution in [0.1, 0.15) is 34.8 Å². The monoisotopic (exact) mass is 522 g/mol. The number of nitrogens with one attached hydrogen (secondary N) is 1. The molecule has 2 heterocycles. The van der Waals surface area contributed by atoms with Crippen LogP contribution in [0.4, 0.5) is 0 Å². The Balaban J connectivity index is 0.00000240. The molecule has 1 atom stereocenters. The lowest BCUT2D eigenvalue weighted by molar-refractivity contribution is 0.199. The third-order valence-corrected chi connectivity index (χ3v) is 6.95. The zero-order valence-electron chi connectivity index (χ0n) is 16.8. The third kappa shape index (κ3) is 6.36. The van der Waals surface area contributed by atoms with Crippen molar-refractivity contribution in [1.29, 1.82) is 0 Å². The highest BCUT2D eigenvalue weighted by atomic mass is 127. The summed E-state index contributed by atoms with van der Waals surface area (Å²) in [7, 11) is 0. The van der Waals surface area contributed by atoms with Gasteiger partial charge in [-0.2, -0.15) is 11.8 Å². The number of halogens is 1. The summed E-state index contributed by atoms with van der Waals surface area (Å²) in [5, 5.41) is 3.89. The van der Waals surface area contributed by atoms with E-state index in [-0.39, 0.29) is 24.0 Å². The normalized spacial score (nSPS) is 20.6. The SMILES string of the molecule is I.NC(=NCC1SCCc2ccccc21)NC1CCN(Cc2ccccc2)CC1. The average molecular weight is 523 g/mol. The van der Waals surface area contributed by atoms with Gasteiger partial charge in [-0.25, -0.2) is 0 Å². The van der Waals surface area contributed by atoms with Crippen LogP contribution < -0.4 is 11.1 Å². The van der Waals surface area contributed by atoms with Gasteiger partial charge < -0.3 is 11.1 Å². The van der Waals surface area contributed by atoms with Gasteiger partial charge in [0.2, 0.25) is 0 Å². The van der Waals surface area contributed by atoms with Crippen LogP contribution in [0, 0.1) is 0 Å². The first-order chi connectivity index (χ1) is 13.8. The number of thioether (sulfide) groups is 1. The Morgan fingerprint density at radius 3 is 2.59 bits per heavy atom. The molecule has 4 rings (SSSR count). The molecule has 2 aromatic rings. The summed E-state index contributed by atoms with van der Waals surface area (Å²) in [4.78, 5) is 7.20. The molecule has 3 N–H and O–H groups in total. The van der Waals surface area contributed by atoms with E-state index < -0.39 is 0 Å². The van der Waals surface area contributed by atoms with Crippen LogP contribution in [0.2, 0.25) is 0 Å². The summed E-state index contributed by atoms with van der Waals surface area (Å²) in [6.45, 7) is 4.00. The highest BCUT2D eigenvalue weighted by Crippen LogP contribution is 2.36. The lowest BCUT2D eigenvalue weighted by Crippen LogP contribution is -2.47. The van der Waals surface area contributed by atoms with Gasteiger partial charge in [0.05, 0.1) is 6.54 Å². The van der Waals surface area contributed by atoms with Crippen molar-refractivity contribution in [2.45, 2.75) is 37.1 Å². The number of hydrogen-bond acceptors (Lipinski definition) is 3. The first-order valence-corrected chi connectivity index (χ1v) is 11.3. The van der Waals surface area contributed by atoms with Gasteiger partial charge in [-0.1, -0.05) is 54.6 Å². The quantitative estimate of drug-likeness (QED) is 0.351. The predicted molar refractivity (Wildman–Crippen MR) is 135 cm³/mol. The maximum atomic E-state index is 6.22. The zero-order chi connectivity index (χ0) is 19.2. The smallest absolute Gasteiger partial charge is 0.188 e. The van der Waals surface area contributed by atoms with E-state index in [0.717, 1.165) is 45.4 Å². The number of piperidine rings is 1. The van der Waals surface area contributed by atoms with E-state index in [4.69, 9.17) is 5.73 Å². The maximum Gasteiger partial charge on any atom is 0.188 e. The van der Waals surface area contributed by atoms with Crippen molar-refractivity contribution in [3.05, 3.63) is 71.3 Å². The maximum absolute atomic E-state index is 6.22. The number of nitrogens with two attached hydrogens (primary N) is 1. The first kappa shape index (κ1) is 22.4. The Kier molecular flexibility index (Phi) is 8.68. The minimum atomic E-state index is 0. The van der Waals surface area contributed by atoms with Gasteiger partial charge in [0.15, 0.2) is 5.96 Å². The van der Waals surface area contributed by atoms with Crippen molar-refractivity contribution >= 4 is 41.7 Å². The fourth-order valence-corrected chi connectivity index (χ4v) is 5.35. The summed E-state index contributed by atoms with van der Waals surface area (Å²) in [6, 6.07) is 19.9. The van der Waals surface area contributed by atoms with E-state index >= 15 is 0 Å². The number of benzene rings is 2.